The SMILES string of the molecule is [C-]#[N+]c1cc2c(c(OC)n1)[C@]1(O)[C@H](O)[C@H](CN3CCC(F)CC3)[C@@H](c3ccccc3)[C@]1(c1ccc(Br)cc1)O2. The summed E-state index contributed by atoms with van der Waals surface area (Å²) < 4.78 is 27.3. The third-order valence-corrected chi connectivity index (χ3v) is 9.11. The van der Waals surface area contributed by atoms with Crippen molar-refractivity contribution < 1.29 is 24.1 Å². The molecule has 9 heteroatoms. The van der Waals surface area contributed by atoms with Crippen LogP contribution in [-0.4, -0.2) is 59.1 Å². The number of piperidine rings is 1. The summed E-state index contributed by atoms with van der Waals surface area (Å²) in [7, 11) is 1.42. The number of fused-ring (bicyclic) bond motifs is 3. The highest BCUT2D eigenvalue weighted by Crippen LogP contribution is 2.70. The molecule has 0 bridgehead atoms. The number of aromatic nitrogens is 1. The molecule has 7 nitrogen and oxygen atoms in total. The van der Waals surface area contributed by atoms with Gasteiger partial charge in [0.15, 0.2) is 11.2 Å². The van der Waals surface area contributed by atoms with Gasteiger partial charge in [-0.1, -0.05) is 70.0 Å². The first-order valence-electron chi connectivity index (χ1n) is 13.1. The largest absolute Gasteiger partial charge is 0.479 e. The van der Waals surface area contributed by atoms with Crippen molar-refractivity contribution in [3.8, 4) is 11.6 Å². The molecule has 3 aliphatic rings. The van der Waals surface area contributed by atoms with Crippen LogP contribution < -0.4 is 9.47 Å². The molecule has 6 rings (SSSR count). The minimum absolute atomic E-state index is 0.0461. The number of aliphatic hydroxyl groups excluding tert-OH is 1. The van der Waals surface area contributed by atoms with Gasteiger partial charge in [-0.05, 0) is 36.1 Å². The van der Waals surface area contributed by atoms with Gasteiger partial charge >= 0.3 is 5.88 Å². The number of hydrogen-bond donors (Lipinski definition) is 2. The van der Waals surface area contributed by atoms with Gasteiger partial charge in [-0.2, -0.15) is 0 Å². The van der Waals surface area contributed by atoms with Gasteiger partial charge in [-0.15, -0.1) is 0 Å². The van der Waals surface area contributed by atoms with Crippen molar-refractivity contribution in [3.05, 3.63) is 93.2 Å². The Balaban J connectivity index is 1.61. The summed E-state index contributed by atoms with van der Waals surface area (Å²) in [6.45, 7) is 9.13. The van der Waals surface area contributed by atoms with Gasteiger partial charge in [0.25, 0.3) is 5.82 Å². The van der Waals surface area contributed by atoms with Crippen molar-refractivity contribution >= 4 is 21.7 Å². The average molecular weight is 594 g/mol. The Hall–Kier alpha value is -3.03. The first kappa shape index (κ1) is 26.2. The zero-order valence-electron chi connectivity index (χ0n) is 21.4. The molecule has 202 valence electrons. The number of likely N-dealkylation sites (tertiary alicyclic amines) is 1. The maximum Gasteiger partial charge on any atom is 0.319 e. The Bertz CT molecular complexity index is 1410. The lowest BCUT2D eigenvalue weighted by Gasteiger charge is -2.41. The second kappa shape index (κ2) is 9.86. The fourth-order valence-corrected chi connectivity index (χ4v) is 7.17. The number of nitrogens with zero attached hydrogens (tertiary/aromatic N) is 3. The Kier molecular flexibility index (Phi) is 6.63. The fourth-order valence-electron chi connectivity index (χ4n) is 6.91. The first-order valence-corrected chi connectivity index (χ1v) is 13.9. The smallest absolute Gasteiger partial charge is 0.319 e. The number of benzene rings is 2. The van der Waals surface area contributed by atoms with Crippen LogP contribution in [-0.2, 0) is 11.2 Å². The van der Waals surface area contributed by atoms with Gasteiger partial charge in [0, 0.05) is 42.0 Å². The van der Waals surface area contributed by atoms with Gasteiger partial charge in [0.05, 0.1) is 13.2 Å². The molecule has 1 aromatic heterocycles. The third-order valence-electron chi connectivity index (χ3n) is 8.58. The van der Waals surface area contributed by atoms with Crippen LogP contribution in [0.25, 0.3) is 4.85 Å². The molecule has 5 atom stereocenters. The quantitative estimate of drug-likeness (QED) is 0.401. The maximum absolute atomic E-state index is 14.0. The Morgan fingerprint density at radius 2 is 1.87 bits per heavy atom. The van der Waals surface area contributed by atoms with Crippen LogP contribution in [0.4, 0.5) is 10.2 Å². The Morgan fingerprint density at radius 3 is 2.51 bits per heavy atom. The van der Waals surface area contributed by atoms with E-state index in [9.17, 15) is 14.6 Å². The molecule has 2 aromatic carbocycles. The van der Waals surface area contributed by atoms with Gasteiger partial charge in [0.1, 0.15) is 17.5 Å². The lowest BCUT2D eigenvalue weighted by Crippen LogP contribution is -2.52. The molecule has 0 radical (unpaired) electrons. The molecule has 3 aromatic rings. The van der Waals surface area contributed by atoms with E-state index in [1.807, 2.05) is 54.6 Å². The second-order valence-corrected chi connectivity index (χ2v) is 11.5. The Morgan fingerprint density at radius 1 is 1.18 bits per heavy atom. The van der Waals surface area contributed by atoms with E-state index in [2.05, 4.69) is 30.7 Å². The van der Waals surface area contributed by atoms with Crippen molar-refractivity contribution in [3.63, 3.8) is 0 Å². The molecule has 39 heavy (non-hydrogen) atoms. The maximum atomic E-state index is 14.0. The van der Waals surface area contributed by atoms with E-state index in [0.29, 0.717) is 38.0 Å². The lowest BCUT2D eigenvalue weighted by molar-refractivity contribution is -0.152. The van der Waals surface area contributed by atoms with Crippen LogP contribution in [0.15, 0.2) is 65.1 Å². The van der Waals surface area contributed by atoms with Crippen molar-refractivity contribution in [1.82, 2.24) is 9.88 Å². The number of pyridine rings is 1. The molecular formula is C30H29BrFN3O4. The molecule has 1 aliphatic carbocycles. The zero-order valence-corrected chi connectivity index (χ0v) is 23.0. The number of hydrogen-bond acceptors (Lipinski definition) is 6. The summed E-state index contributed by atoms with van der Waals surface area (Å²) in [5, 5.41) is 25.1. The molecule has 0 spiro atoms. The highest BCUT2D eigenvalue weighted by molar-refractivity contribution is 9.10. The molecule has 3 heterocycles. The summed E-state index contributed by atoms with van der Waals surface area (Å²) >= 11 is 3.51. The second-order valence-electron chi connectivity index (χ2n) is 10.6. The van der Waals surface area contributed by atoms with Gasteiger partial charge in [-0.3, -0.25) is 0 Å². The highest BCUT2D eigenvalue weighted by atomic mass is 79.9. The summed E-state index contributed by atoms with van der Waals surface area (Å²) in [4.78, 5) is 9.95. The van der Waals surface area contributed by atoms with Gasteiger partial charge < -0.3 is 29.4 Å². The molecular weight excluding hydrogens is 565 g/mol. The van der Waals surface area contributed by atoms with Crippen LogP contribution in [0.2, 0.25) is 0 Å². The highest BCUT2D eigenvalue weighted by Gasteiger charge is 2.77. The number of ether oxygens (including phenoxy) is 2. The van der Waals surface area contributed by atoms with Crippen LogP contribution >= 0.6 is 15.9 Å². The van der Waals surface area contributed by atoms with E-state index in [0.717, 1.165) is 10.0 Å². The Labute approximate surface area is 235 Å². The normalized spacial score (nSPS) is 30.3. The van der Waals surface area contributed by atoms with Crippen LogP contribution in [0.3, 0.4) is 0 Å². The minimum atomic E-state index is -1.96. The van der Waals surface area contributed by atoms with E-state index in [1.54, 1.807) is 0 Å². The molecule has 2 aliphatic heterocycles. The van der Waals surface area contributed by atoms with Crippen LogP contribution in [0.1, 0.15) is 35.4 Å². The number of alkyl halides is 1. The van der Waals surface area contributed by atoms with E-state index in [1.165, 1.54) is 13.2 Å². The fraction of sp³-hybridized carbons (Fsp3) is 0.400. The number of aliphatic hydroxyl groups is 2. The molecule has 2 fully saturated rings. The summed E-state index contributed by atoms with van der Waals surface area (Å²) in [6.07, 6.45) is -1.22. The van der Waals surface area contributed by atoms with Gasteiger partial charge in [-0.25, -0.2) is 4.39 Å². The molecule has 0 unspecified atom stereocenters. The number of rotatable bonds is 5. The van der Waals surface area contributed by atoms with E-state index in [-0.39, 0.29) is 23.0 Å². The summed E-state index contributed by atoms with van der Waals surface area (Å²) in [6, 6.07) is 18.8. The van der Waals surface area contributed by atoms with Crippen LogP contribution in [0, 0.1) is 12.5 Å². The standard InChI is InChI=1S/C30H29BrFN3O4/c1-33-24-16-23-26(28(34-24)38-2)29(37)27(36)22(17-35-14-12-21(32)13-15-35)25(18-6-4-3-5-7-18)30(29,39-23)19-8-10-20(31)11-9-19/h3-11,16,21-22,25,27,36-37H,12-15,17H2,2H3/t22-,25-,27-,29+,30+/m1/s1. The predicted octanol–water partition coefficient (Wildman–Crippen LogP) is 5.09. The van der Waals surface area contributed by atoms with E-state index < -0.39 is 35.3 Å². The van der Waals surface area contributed by atoms with E-state index in [4.69, 9.17) is 16.0 Å². The number of methoxy groups -OCH3 is 1. The van der Waals surface area contributed by atoms with Gasteiger partial charge in [0.2, 0.25) is 0 Å². The molecule has 1 saturated carbocycles. The monoisotopic (exact) mass is 593 g/mol. The third kappa shape index (κ3) is 3.88. The summed E-state index contributed by atoms with van der Waals surface area (Å²) in [5.41, 5.74) is -1.62. The first-order chi connectivity index (χ1) is 18.8. The lowest BCUT2D eigenvalue weighted by atomic mass is 9.71. The van der Waals surface area contributed by atoms with Crippen molar-refractivity contribution in [2.24, 2.45) is 5.92 Å². The summed E-state index contributed by atoms with van der Waals surface area (Å²) in [5.74, 6) is -0.608. The minimum Gasteiger partial charge on any atom is -0.479 e. The zero-order chi connectivity index (χ0) is 27.4. The molecule has 0 amide bonds. The van der Waals surface area contributed by atoms with Crippen molar-refractivity contribution in [1.29, 1.82) is 0 Å². The van der Waals surface area contributed by atoms with Crippen molar-refractivity contribution in [2.75, 3.05) is 26.7 Å². The predicted molar refractivity (Wildman–Crippen MR) is 147 cm³/mol. The molecule has 2 N–H and O–H groups in total. The van der Waals surface area contributed by atoms with E-state index >= 15 is 0 Å². The van der Waals surface area contributed by atoms with Crippen LogP contribution in [0.5, 0.6) is 11.6 Å². The average Bonchev–Trinajstić information content (AvgIpc) is 3.32. The van der Waals surface area contributed by atoms with Crippen molar-refractivity contribution in [2.45, 2.75) is 42.2 Å². The number of halogens is 2. The topological polar surface area (TPSA) is 79.4 Å². The molecule has 1 saturated heterocycles.